The van der Waals surface area contributed by atoms with Gasteiger partial charge in [0.05, 0.1) is 11.0 Å². The molecule has 0 bridgehead atoms. The Kier molecular flexibility index (Phi) is 6.31. The normalized spacial score (nSPS) is 18.6. The first-order valence-electron chi connectivity index (χ1n) is 9.44. The largest absolute Gasteiger partial charge is 0.491 e. The van der Waals surface area contributed by atoms with Crippen LogP contribution < -0.4 is 14.8 Å². The minimum atomic E-state index is -5.16. The summed E-state index contributed by atoms with van der Waals surface area (Å²) in [6.45, 7) is 3.61. The summed E-state index contributed by atoms with van der Waals surface area (Å²) < 4.78 is 74.9. The summed E-state index contributed by atoms with van der Waals surface area (Å²) in [6, 6.07) is 12.2. The van der Waals surface area contributed by atoms with E-state index in [1.54, 1.807) is 19.9 Å². The molecule has 7 nitrogen and oxygen atoms in total. The number of alkyl halides is 3. The van der Waals surface area contributed by atoms with Crippen LogP contribution in [0.1, 0.15) is 24.2 Å². The third-order valence-corrected chi connectivity index (χ3v) is 5.73. The van der Waals surface area contributed by atoms with Crippen LogP contribution in [0.25, 0.3) is 0 Å². The molecule has 0 saturated heterocycles. The van der Waals surface area contributed by atoms with Crippen molar-refractivity contribution in [1.29, 1.82) is 0 Å². The van der Waals surface area contributed by atoms with Gasteiger partial charge in [0.1, 0.15) is 11.6 Å². The number of carbonyl (C=O) groups excluding carboxylic acids is 1. The van der Waals surface area contributed by atoms with Crippen LogP contribution in [0.15, 0.2) is 76.4 Å². The summed E-state index contributed by atoms with van der Waals surface area (Å²) in [5, 5.41) is 1.94. The first kappa shape index (κ1) is 23.3. The molecule has 0 amide bonds. The summed E-state index contributed by atoms with van der Waals surface area (Å²) >= 11 is 0. The van der Waals surface area contributed by atoms with Crippen molar-refractivity contribution in [3.63, 3.8) is 0 Å². The Morgan fingerprint density at radius 3 is 2.28 bits per heavy atom. The van der Waals surface area contributed by atoms with Gasteiger partial charge in [-0.2, -0.15) is 13.2 Å². The average Bonchev–Trinajstić information content (AvgIpc) is 2.73. The van der Waals surface area contributed by atoms with Crippen LogP contribution in [0.2, 0.25) is 0 Å². The number of allylic oxidation sites excluding steroid dienone is 1. The van der Waals surface area contributed by atoms with Crippen molar-refractivity contribution in [2.24, 2.45) is 4.99 Å². The van der Waals surface area contributed by atoms with Gasteiger partial charge in [0.15, 0.2) is 0 Å². The maximum atomic E-state index is 14.0. The van der Waals surface area contributed by atoms with Gasteiger partial charge in [0, 0.05) is 11.8 Å². The quantitative estimate of drug-likeness (QED) is 0.609. The molecule has 0 fully saturated rings. The number of rotatable bonds is 7. The highest BCUT2D eigenvalue weighted by atomic mass is 32.2. The van der Waals surface area contributed by atoms with Gasteiger partial charge in [-0.3, -0.25) is 9.52 Å². The number of ketones is 1. The van der Waals surface area contributed by atoms with Crippen LogP contribution in [-0.4, -0.2) is 38.4 Å². The number of halogens is 3. The summed E-state index contributed by atoms with van der Waals surface area (Å²) in [5.41, 5.74) is -3.62. The molecule has 170 valence electrons. The molecule has 1 aliphatic heterocycles. The topological polar surface area (TPSA) is 96.9 Å². The smallest absolute Gasteiger partial charge is 0.440 e. The minimum absolute atomic E-state index is 0.121. The monoisotopic (exact) mass is 467 g/mol. The molecule has 1 heterocycles. The predicted molar refractivity (Wildman–Crippen MR) is 112 cm³/mol. The van der Waals surface area contributed by atoms with Gasteiger partial charge in [0.2, 0.25) is 5.78 Å². The third-order valence-electron chi connectivity index (χ3n) is 4.35. The molecular formula is C21H20F3N3O4S. The number of aliphatic imine (C=N–C) groups is 1. The number of nitrogens with zero attached hydrogens (tertiary/aromatic N) is 1. The van der Waals surface area contributed by atoms with E-state index in [0.29, 0.717) is 5.75 Å². The number of ether oxygens (including phenoxy) is 1. The van der Waals surface area contributed by atoms with Crippen LogP contribution >= 0.6 is 0 Å². The van der Waals surface area contributed by atoms with Crippen LogP contribution in [-0.2, 0) is 10.0 Å². The van der Waals surface area contributed by atoms with Crippen LogP contribution in [0.3, 0.4) is 0 Å². The molecule has 2 aromatic rings. The van der Waals surface area contributed by atoms with Gasteiger partial charge < -0.3 is 10.1 Å². The predicted octanol–water partition coefficient (Wildman–Crippen LogP) is 3.41. The number of nitrogens with one attached hydrogen (secondary N) is 2. The summed E-state index contributed by atoms with van der Waals surface area (Å²) in [5.74, 6) is -1.49. The lowest BCUT2D eigenvalue weighted by atomic mass is 9.96. The number of hydrogen-bond donors (Lipinski definition) is 2. The zero-order valence-electron chi connectivity index (χ0n) is 17.1. The maximum Gasteiger partial charge on any atom is 0.440 e. The molecule has 11 heteroatoms. The van der Waals surface area contributed by atoms with E-state index in [1.807, 2.05) is 10.0 Å². The second kappa shape index (κ2) is 8.65. The third kappa shape index (κ3) is 4.77. The summed E-state index contributed by atoms with van der Waals surface area (Å²) in [7, 11) is -4.27. The fraction of sp³-hybridized carbons (Fsp3) is 0.238. The van der Waals surface area contributed by atoms with Crippen molar-refractivity contribution in [2.45, 2.75) is 36.7 Å². The Morgan fingerprint density at radius 1 is 1.09 bits per heavy atom. The zero-order chi connectivity index (χ0) is 23.6. The molecule has 1 aliphatic rings. The average molecular weight is 467 g/mol. The van der Waals surface area contributed by atoms with Crippen LogP contribution in [0, 0.1) is 0 Å². The molecule has 1 atom stereocenters. The lowest BCUT2D eigenvalue weighted by molar-refractivity contribution is -0.176. The van der Waals surface area contributed by atoms with E-state index >= 15 is 0 Å². The van der Waals surface area contributed by atoms with Gasteiger partial charge in [0.25, 0.3) is 15.7 Å². The first-order chi connectivity index (χ1) is 14.9. The van der Waals surface area contributed by atoms with Gasteiger partial charge >= 0.3 is 6.18 Å². The summed E-state index contributed by atoms with van der Waals surface area (Å²) in [4.78, 5) is 15.9. The Hall–Kier alpha value is -3.34. The molecule has 1 unspecified atom stereocenters. The lowest BCUT2D eigenvalue weighted by Gasteiger charge is -2.34. The van der Waals surface area contributed by atoms with Crippen molar-refractivity contribution in [1.82, 2.24) is 10.0 Å². The molecule has 0 aliphatic carbocycles. The minimum Gasteiger partial charge on any atom is -0.491 e. The van der Waals surface area contributed by atoms with E-state index in [0.717, 1.165) is 12.3 Å². The second-order valence-electron chi connectivity index (χ2n) is 7.13. The van der Waals surface area contributed by atoms with E-state index in [1.165, 1.54) is 48.5 Å². The zero-order valence-corrected chi connectivity index (χ0v) is 17.9. The Morgan fingerprint density at radius 2 is 1.72 bits per heavy atom. The van der Waals surface area contributed by atoms with Crippen LogP contribution in [0.5, 0.6) is 5.75 Å². The van der Waals surface area contributed by atoms with Gasteiger partial charge in [-0.15, -0.1) is 0 Å². The summed E-state index contributed by atoms with van der Waals surface area (Å²) in [6.07, 6.45) is -3.54. The second-order valence-corrected chi connectivity index (χ2v) is 8.81. The van der Waals surface area contributed by atoms with E-state index in [4.69, 9.17) is 4.74 Å². The first-order valence-corrected chi connectivity index (χ1v) is 10.9. The highest BCUT2D eigenvalue weighted by Gasteiger charge is 2.62. The standard InChI is InChI=1S/C21H20F3N3O4S/c1-14(2)31-16-8-10-17(11-9-16)32(29,30)27-18-12-13-25-20(26-18,21(22,23)24)19(28)15-6-4-3-5-7-15/h3-14,26-27H,1-2H3. The van der Waals surface area contributed by atoms with Gasteiger partial charge in [-0.25, -0.2) is 13.4 Å². The number of hydrogen-bond acceptors (Lipinski definition) is 6. The van der Waals surface area contributed by atoms with Gasteiger partial charge in [-0.05, 0) is 44.2 Å². The van der Waals surface area contributed by atoms with Crippen molar-refractivity contribution < 1.29 is 31.1 Å². The highest BCUT2D eigenvalue weighted by molar-refractivity contribution is 7.89. The molecule has 32 heavy (non-hydrogen) atoms. The molecule has 0 radical (unpaired) electrons. The van der Waals surface area contributed by atoms with Crippen molar-refractivity contribution >= 4 is 22.0 Å². The van der Waals surface area contributed by atoms with Crippen molar-refractivity contribution in [3.8, 4) is 5.75 Å². The number of Topliss-reactive ketones (excluding diaryl/α,β-unsaturated/α-hetero) is 1. The van der Waals surface area contributed by atoms with Crippen molar-refractivity contribution in [3.05, 3.63) is 72.1 Å². The van der Waals surface area contributed by atoms with Gasteiger partial charge in [-0.1, -0.05) is 30.3 Å². The number of sulfonamides is 1. The Labute approximate surface area is 183 Å². The molecule has 0 aromatic heterocycles. The molecule has 0 spiro atoms. The van der Waals surface area contributed by atoms with E-state index < -0.39 is 33.5 Å². The molecule has 3 rings (SSSR count). The van der Waals surface area contributed by atoms with E-state index in [2.05, 4.69) is 4.99 Å². The van der Waals surface area contributed by atoms with E-state index in [9.17, 15) is 26.4 Å². The number of carbonyl (C=O) groups is 1. The fourth-order valence-corrected chi connectivity index (χ4v) is 3.93. The fourth-order valence-electron chi connectivity index (χ4n) is 2.91. The van der Waals surface area contributed by atoms with E-state index in [-0.39, 0.29) is 16.6 Å². The molecular weight excluding hydrogens is 447 g/mol. The number of benzene rings is 2. The lowest BCUT2D eigenvalue weighted by Crippen LogP contribution is -2.63. The van der Waals surface area contributed by atoms with Crippen LogP contribution in [0.4, 0.5) is 13.2 Å². The molecule has 0 saturated carbocycles. The Bertz CT molecular complexity index is 1150. The molecule has 2 N–H and O–H groups in total. The van der Waals surface area contributed by atoms with Crippen molar-refractivity contribution in [2.75, 3.05) is 0 Å². The highest BCUT2D eigenvalue weighted by Crippen LogP contribution is 2.36. The SMILES string of the molecule is CC(C)Oc1ccc(S(=O)(=O)NC2=CC=NC(C(=O)c3ccccc3)(C(F)(F)F)N2)cc1. The maximum absolute atomic E-state index is 14.0. The molecule has 2 aromatic carbocycles. The Balaban J connectivity index is 1.87.